The molecule has 3 aromatic carbocycles. The summed E-state index contributed by atoms with van der Waals surface area (Å²) in [5.74, 6) is 0. The van der Waals surface area contributed by atoms with E-state index in [4.69, 9.17) is 4.98 Å². The molecular formula is C30H23N5O. The summed E-state index contributed by atoms with van der Waals surface area (Å²) >= 11 is 0. The molecule has 0 amide bonds. The maximum atomic E-state index is 12.7. The summed E-state index contributed by atoms with van der Waals surface area (Å²) in [7, 11) is 1.75. The van der Waals surface area contributed by atoms with Crippen LogP contribution in [0.2, 0.25) is 0 Å². The Balaban J connectivity index is 1.55. The fourth-order valence-corrected chi connectivity index (χ4v) is 4.72. The number of fused-ring (bicyclic) bond motifs is 4. The molecule has 0 saturated carbocycles. The molecule has 6 rings (SSSR count). The summed E-state index contributed by atoms with van der Waals surface area (Å²) in [6, 6.07) is 26.4. The third-order valence-corrected chi connectivity index (χ3v) is 6.91. The molecule has 36 heavy (non-hydrogen) atoms. The van der Waals surface area contributed by atoms with Crippen molar-refractivity contribution in [3.63, 3.8) is 0 Å². The molecule has 174 valence electrons. The van der Waals surface area contributed by atoms with E-state index in [1.165, 1.54) is 0 Å². The van der Waals surface area contributed by atoms with Crippen LogP contribution in [0.5, 0.6) is 0 Å². The Morgan fingerprint density at radius 3 is 2.44 bits per heavy atom. The lowest BCUT2D eigenvalue weighted by atomic mass is 9.86. The summed E-state index contributed by atoms with van der Waals surface area (Å²) in [6.45, 7) is 3.79. The zero-order valence-corrected chi connectivity index (χ0v) is 20.2. The van der Waals surface area contributed by atoms with Gasteiger partial charge in [-0.2, -0.15) is 5.26 Å². The van der Waals surface area contributed by atoms with Gasteiger partial charge < -0.3 is 4.98 Å². The number of hydrogen-bond donors (Lipinski definition) is 1. The smallest absolute Gasteiger partial charge is 0.305 e. The van der Waals surface area contributed by atoms with Crippen molar-refractivity contribution in [1.29, 1.82) is 5.26 Å². The second-order valence-electron chi connectivity index (χ2n) is 9.64. The molecule has 0 spiro atoms. The number of nitrogens with zero attached hydrogens (tertiary/aromatic N) is 4. The average Bonchev–Trinajstić information content (AvgIpc) is 3.22. The number of H-pyrrole nitrogens is 1. The normalized spacial score (nSPS) is 11.8. The number of benzene rings is 3. The lowest BCUT2D eigenvalue weighted by molar-refractivity contribution is 0.687. The van der Waals surface area contributed by atoms with Crippen molar-refractivity contribution in [3.8, 4) is 28.5 Å². The molecule has 3 heterocycles. The summed E-state index contributed by atoms with van der Waals surface area (Å²) in [5, 5.41) is 11.4. The SMILES string of the molecule is Cn1c(=O)[nH]c2c3cc(-c4cnc5ccccc5c4)ccc3nc(-c3ccc(C(C)(C)C#N)cc3)c21. The molecule has 0 radical (unpaired) electrons. The highest BCUT2D eigenvalue weighted by molar-refractivity contribution is 6.08. The number of nitrogens with one attached hydrogen (secondary N) is 1. The van der Waals surface area contributed by atoms with Crippen molar-refractivity contribution in [3.05, 3.63) is 95.0 Å². The number of para-hydroxylation sites is 1. The molecule has 6 aromatic rings. The van der Waals surface area contributed by atoms with Crippen LogP contribution in [0.15, 0.2) is 83.8 Å². The molecule has 6 nitrogen and oxygen atoms in total. The van der Waals surface area contributed by atoms with Crippen molar-refractivity contribution >= 4 is 32.8 Å². The van der Waals surface area contributed by atoms with Gasteiger partial charge in [-0.1, -0.05) is 48.5 Å². The van der Waals surface area contributed by atoms with Crippen molar-refractivity contribution in [2.75, 3.05) is 0 Å². The fraction of sp³-hybridized carbons (Fsp3) is 0.133. The van der Waals surface area contributed by atoms with Gasteiger partial charge in [0.1, 0.15) is 0 Å². The van der Waals surface area contributed by atoms with E-state index in [9.17, 15) is 10.1 Å². The molecular weight excluding hydrogens is 446 g/mol. The Morgan fingerprint density at radius 2 is 1.67 bits per heavy atom. The standard InChI is InChI=1S/C30H23N5O/c1-30(2,17-31)22-11-8-18(9-12-22)26-28-27(34-29(36)35(28)3)23-15-19(10-13-25(23)33-26)21-14-20-6-4-5-7-24(20)32-16-21/h4-16H,1-3H3,(H,34,36). The second-order valence-corrected chi connectivity index (χ2v) is 9.64. The molecule has 0 atom stereocenters. The number of aromatic nitrogens is 4. The molecule has 6 heteroatoms. The van der Waals surface area contributed by atoms with Crippen molar-refractivity contribution in [1.82, 2.24) is 19.5 Å². The molecule has 0 unspecified atom stereocenters. The Hall–Kier alpha value is -4.76. The van der Waals surface area contributed by atoms with Gasteiger partial charge in [-0.15, -0.1) is 0 Å². The summed E-state index contributed by atoms with van der Waals surface area (Å²) in [5.41, 5.74) is 7.00. The number of aryl methyl sites for hydroxylation is 1. The van der Waals surface area contributed by atoms with E-state index in [0.717, 1.165) is 60.8 Å². The van der Waals surface area contributed by atoms with Crippen LogP contribution < -0.4 is 5.69 Å². The van der Waals surface area contributed by atoms with Crippen LogP contribution in [0.25, 0.3) is 55.2 Å². The van der Waals surface area contributed by atoms with Gasteiger partial charge in [-0.05, 0) is 49.2 Å². The van der Waals surface area contributed by atoms with Crippen LogP contribution in [0, 0.1) is 11.3 Å². The lowest BCUT2D eigenvalue weighted by Crippen LogP contribution is -2.13. The number of rotatable bonds is 3. The maximum Gasteiger partial charge on any atom is 0.326 e. The minimum atomic E-state index is -0.584. The first kappa shape index (κ1) is 21.8. The highest BCUT2D eigenvalue weighted by Gasteiger charge is 2.21. The maximum absolute atomic E-state index is 12.7. The minimum absolute atomic E-state index is 0.194. The third kappa shape index (κ3) is 3.37. The van der Waals surface area contributed by atoms with E-state index in [1.807, 2.05) is 74.6 Å². The van der Waals surface area contributed by atoms with Crippen LogP contribution in [0.1, 0.15) is 19.4 Å². The monoisotopic (exact) mass is 469 g/mol. The van der Waals surface area contributed by atoms with Crippen molar-refractivity contribution in [2.45, 2.75) is 19.3 Å². The highest BCUT2D eigenvalue weighted by Crippen LogP contribution is 2.34. The summed E-state index contributed by atoms with van der Waals surface area (Å²) in [6.07, 6.45) is 1.88. The average molecular weight is 470 g/mol. The predicted octanol–water partition coefficient (Wildman–Crippen LogP) is 6.10. The number of nitriles is 1. The molecule has 0 fully saturated rings. The number of pyridine rings is 2. The Bertz CT molecular complexity index is 1900. The van der Waals surface area contributed by atoms with Crippen LogP contribution >= 0.6 is 0 Å². The molecule has 0 aliphatic heterocycles. The summed E-state index contributed by atoms with van der Waals surface area (Å²) < 4.78 is 1.61. The first-order valence-corrected chi connectivity index (χ1v) is 11.8. The van der Waals surface area contributed by atoms with Gasteiger partial charge in [0.15, 0.2) is 0 Å². The highest BCUT2D eigenvalue weighted by atomic mass is 16.1. The van der Waals surface area contributed by atoms with Crippen molar-refractivity contribution in [2.24, 2.45) is 7.05 Å². The Kier molecular flexibility index (Phi) is 4.77. The topological polar surface area (TPSA) is 87.4 Å². The van der Waals surface area contributed by atoms with Gasteiger partial charge in [0.2, 0.25) is 0 Å². The quantitative estimate of drug-likeness (QED) is 0.339. The molecule has 0 bridgehead atoms. The van der Waals surface area contributed by atoms with Gasteiger partial charge in [0, 0.05) is 35.1 Å². The van der Waals surface area contributed by atoms with Gasteiger partial charge in [0.25, 0.3) is 0 Å². The van der Waals surface area contributed by atoms with Crippen LogP contribution in [-0.4, -0.2) is 19.5 Å². The minimum Gasteiger partial charge on any atom is -0.305 e. The zero-order chi connectivity index (χ0) is 25.0. The molecule has 3 aromatic heterocycles. The third-order valence-electron chi connectivity index (χ3n) is 6.91. The first-order chi connectivity index (χ1) is 17.4. The number of hydrogen-bond acceptors (Lipinski definition) is 4. The van der Waals surface area contributed by atoms with E-state index in [-0.39, 0.29) is 5.69 Å². The van der Waals surface area contributed by atoms with Crippen LogP contribution in [0.3, 0.4) is 0 Å². The number of imidazole rings is 1. The van der Waals surface area contributed by atoms with E-state index >= 15 is 0 Å². The molecule has 0 aliphatic rings. The fourth-order valence-electron chi connectivity index (χ4n) is 4.72. The van der Waals surface area contributed by atoms with E-state index < -0.39 is 5.41 Å². The Morgan fingerprint density at radius 1 is 0.917 bits per heavy atom. The van der Waals surface area contributed by atoms with E-state index in [1.54, 1.807) is 11.6 Å². The predicted molar refractivity (Wildman–Crippen MR) is 144 cm³/mol. The van der Waals surface area contributed by atoms with Crippen LogP contribution in [0.4, 0.5) is 0 Å². The van der Waals surface area contributed by atoms with Gasteiger partial charge in [-0.3, -0.25) is 9.55 Å². The summed E-state index contributed by atoms with van der Waals surface area (Å²) in [4.78, 5) is 25.4. The zero-order valence-electron chi connectivity index (χ0n) is 20.2. The Labute approximate surface area is 207 Å². The molecule has 0 aliphatic carbocycles. The van der Waals surface area contributed by atoms with Crippen LogP contribution in [-0.2, 0) is 12.5 Å². The van der Waals surface area contributed by atoms with E-state index in [0.29, 0.717) is 0 Å². The molecule has 0 saturated heterocycles. The van der Waals surface area contributed by atoms with Crippen molar-refractivity contribution < 1.29 is 0 Å². The second kappa shape index (κ2) is 7.89. The number of aromatic amines is 1. The van der Waals surface area contributed by atoms with Gasteiger partial charge in [-0.25, -0.2) is 9.78 Å². The largest absolute Gasteiger partial charge is 0.326 e. The lowest BCUT2D eigenvalue weighted by Gasteiger charge is -2.16. The van der Waals surface area contributed by atoms with E-state index in [2.05, 4.69) is 34.2 Å². The molecule has 1 N–H and O–H groups in total. The van der Waals surface area contributed by atoms with Gasteiger partial charge in [0.05, 0.1) is 39.2 Å². The van der Waals surface area contributed by atoms with Gasteiger partial charge >= 0.3 is 5.69 Å². The first-order valence-electron chi connectivity index (χ1n) is 11.8.